The summed E-state index contributed by atoms with van der Waals surface area (Å²) < 4.78 is 27.5. The summed E-state index contributed by atoms with van der Waals surface area (Å²) in [5.41, 5.74) is 1.76. The third-order valence-electron chi connectivity index (χ3n) is 6.65. The molecule has 2 unspecified atom stereocenters. The van der Waals surface area contributed by atoms with Crippen LogP contribution < -0.4 is 15.5 Å². The van der Waals surface area contributed by atoms with Gasteiger partial charge >= 0.3 is 0 Å². The van der Waals surface area contributed by atoms with Gasteiger partial charge < -0.3 is 15.5 Å². The van der Waals surface area contributed by atoms with E-state index in [1.165, 1.54) is 29.3 Å². The first kappa shape index (κ1) is 25.2. The van der Waals surface area contributed by atoms with Gasteiger partial charge in [0, 0.05) is 31.0 Å². The molecular weight excluding hydrogens is 464 g/mol. The van der Waals surface area contributed by atoms with E-state index in [1.54, 1.807) is 18.2 Å². The zero-order valence-corrected chi connectivity index (χ0v) is 21.0. The van der Waals surface area contributed by atoms with Crippen LogP contribution in [0.2, 0.25) is 0 Å². The van der Waals surface area contributed by atoms with Crippen LogP contribution in [-0.2, 0) is 19.6 Å². The van der Waals surface area contributed by atoms with E-state index in [9.17, 15) is 18.0 Å². The van der Waals surface area contributed by atoms with Crippen LogP contribution in [0.4, 0.5) is 11.4 Å². The second kappa shape index (κ2) is 11.2. The minimum atomic E-state index is -3.80. The van der Waals surface area contributed by atoms with Crippen LogP contribution >= 0.6 is 0 Å². The molecule has 2 amide bonds. The Morgan fingerprint density at radius 2 is 1.74 bits per heavy atom. The smallest absolute Gasteiger partial charge is 0.246 e. The van der Waals surface area contributed by atoms with E-state index in [0.29, 0.717) is 31.4 Å². The number of sulfonamides is 1. The standard InChI is InChI=1S/C26H34N4O4S/c1-2-10-23(25(31)27-20-11-8-12-21(19-20)29-16-6-7-17-29)28-26(32)24-15-9-18-30(24)35(33,34)22-13-4-3-5-14-22/h3-5,8,11-14,19,23-24H,2,6-7,9-10,15-18H2,1H3,(H,27,31)(H,28,32). The fraction of sp³-hybridized carbons (Fsp3) is 0.462. The molecule has 8 nitrogen and oxygen atoms in total. The van der Waals surface area contributed by atoms with Crippen molar-refractivity contribution in [1.82, 2.24) is 9.62 Å². The lowest BCUT2D eigenvalue weighted by Crippen LogP contribution is -2.51. The van der Waals surface area contributed by atoms with E-state index in [2.05, 4.69) is 15.5 Å². The van der Waals surface area contributed by atoms with Crippen LogP contribution in [0, 0.1) is 0 Å². The summed E-state index contributed by atoms with van der Waals surface area (Å²) in [6, 6.07) is 14.3. The summed E-state index contributed by atoms with van der Waals surface area (Å²) >= 11 is 0. The van der Waals surface area contributed by atoms with Gasteiger partial charge in [-0.25, -0.2) is 8.42 Å². The number of hydrogen-bond acceptors (Lipinski definition) is 5. The Labute approximate surface area is 207 Å². The second-order valence-corrected chi connectivity index (χ2v) is 11.1. The molecule has 2 aliphatic rings. The summed E-state index contributed by atoms with van der Waals surface area (Å²) in [5.74, 6) is -0.726. The second-order valence-electron chi connectivity index (χ2n) is 9.17. The van der Waals surface area contributed by atoms with Crippen molar-refractivity contribution < 1.29 is 18.0 Å². The van der Waals surface area contributed by atoms with Crippen molar-refractivity contribution in [3.05, 3.63) is 54.6 Å². The van der Waals surface area contributed by atoms with Gasteiger partial charge in [0.15, 0.2) is 0 Å². The number of carbonyl (C=O) groups excluding carboxylic acids is 2. The molecule has 0 aromatic heterocycles. The third-order valence-corrected chi connectivity index (χ3v) is 8.57. The van der Waals surface area contributed by atoms with Gasteiger partial charge in [0.25, 0.3) is 0 Å². The number of carbonyl (C=O) groups is 2. The quantitative estimate of drug-likeness (QED) is 0.552. The molecule has 2 aromatic carbocycles. The van der Waals surface area contributed by atoms with E-state index >= 15 is 0 Å². The molecule has 4 rings (SSSR count). The van der Waals surface area contributed by atoms with Gasteiger partial charge in [0.1, 0.15) is 12.1 Å². The third kappa shape index (κ3) is 5.85. The molecular formula is C26H34N4O4S. The Morgan fingerprint density at radius 3 is 2.46 bits per heavy atom. The molecule has 0 bridgehead atoms. The first-order valence-corrected chi connectivity index (χ1v) is 13.9. The molecule has 0 spiro atoms. The van der Waals surface area contributed by atoms with Crippen LogP contribution in [0.3, 0.4) is 0 Å². The monoisotopic (exact) mass is 498 g/mol. The molecule has 2 heterocycles. The summed E-state index contributed by atoms with van der Waals surface area (Å²) in [5, 5.41) is 5.78. The number of amides is 2. The Bertz CT molecular complexity index is 1130. The lowest BCUT2D eigenvalue weighted by Gasteiger charge is -2.26. The maximum Gasteiger partial charge on any atom is 0.246 e. The summed E-state index contributed by atoms with van der Waals surface area (Å²) in [6.07, 6.45) is 4.51. The summed E-state index contributed by atoms with van der Waals surface area (Å²) in [6.45, 7) is 4.25. The molecule has 2 aromatic rings. The van der Waals surface area contributed by atoms with E-state index < -0.39 is 28.0 Å². The molecule has 188 valence electrons. The number of nitrogens with one attached hydrogen (secondary N) is 2. The predicted molar refractivity (Wildman–Crippen MR) is 137 cm³/mol. The number of nitrogens with zero attached hydrogens (tertiary/aromatic N) is 2. The highest BCUT2D eigenvalue weighted by atomic mass is 32.2. The fourth-order valence-corrected chi connectivity index (χ4v) is 6.51. The molecule has 0 aliphatic carbocycles. The van der Waals surface area contributed by atoms with Crippen molar-refractivity contribution in [1.29, 1.82) is 0 Å². The summed E-state index contributed by atoms with van der Waals surface area (Å²) in [4.78, 5) is 28.8. The Kier molecular flexibility index (Phi) is 8.07. The van der Waals surface area contributed by atoms with Gasteiger partial charge in [-0.1, -0.05) is 37.6 Å². The minimum absolute atomic E-state index is 0.167. The number of hydrogen-bond donors (Lipinski definition) is 2. The van der Waals surface area contributed by atoms with Crippen LogP contribution in [0.25, 0.3) is 0 Å². The maximum atomic E-state index is 13.2. The lowest BCUT2D eigenvalue weighted by atomic mass is 10.1. The van der Waals surface area contributed by atoms with Crippen LogP contribution in [0.1, 0.15) is 45.4 Å². The lowest BCUT2D eigenvalue weighted by molar-refractivity contribution is -0.128. The molecule has 2 fully saturated rings. The fourth-order valence-electron chi connectivity index (χ4n) is 4.83. The SMILES string of the molecule is CCCC(NC(=O)C1CCCN1S(=O)(=O)c1ccccc1)C(=O)Nc1cccc(N2CCCC2)c1. The van der Waals surface area contributed by atoms with E-state index in [-0.39, 0.29) is 17.3 Å². The molecule has 0 radical (unpaired) electrons. The van der Waals surface area contributed by atoms with E-state index in [1.807, 2.05) is 31.2 Å². The van der Waals surface area contributed by atoms with Gasteiger partial charge in [-0.2, -0.15) is 4.31 Å². The Morgan fingerprint density at radius 1 is 1.00 bits per heavy atom. The Hall–Kier alpha value is -2.91. The zero-order valence-electron chi connectivity index (χ0n) is 20.2. The molecule has 2 aliphatic heterocycles. The maximum absolute atomic E-state index is 13.2. The number of benzene rings is 2. The van der Waals surface area contributed by atoms with Crippen molar-refractivity contribution in [2.45, 2.75) is 62.4 Å². The van der Waals surface area contributed by atoms with E-state index in [4.69, 9.17) is 0 Å². The molecule has 35 heavy (non-hydrogen) atoms. The molecule has 2 atom stereocenters. The highest BCUT2D eigenvalue weighted by molar-refractivity contribution is 7.89. The zero-order chi connectivity index (χ0) is 24.8. The van der Waals surface area contributed by atoms with Gasteiger partial charge in [-0.15, -0.1) is 0 Å². The number of anilines is 2. The molecule has 0 saturated carbocycles. The van der Waals surface area contributed by atoms with Crippen LogP contribution in [0.5, 0.6) is 0 Å². The van der Waals surface area contributed by atoms with Gasteiger partial charge in [-0.05, 0) is 62.4 Å². The van der Waals surface area contributed by atoms with Crippen molar-refractivity contribution in [3.8, 4) is 0 Å². The highest BCUT2D eigenvalue weighted by Gasteiger charge is 2.40. The van der Waals surface area contributed by atoms with Crippen molar-refractivity contribution >= 4 is 33.2 Å². The highest BCUT2D eigenvalue weighted by Crippen LogP contribution is 2.27. The van der Waals surface area contributed by atoms with Crippen molar-refractivity contribution in [2.75, 3.05) is 29.9 Å². The number of rotatable bonds is 9. The van der Waals surface area contributed by atoms with E-state index in [0.717, 1.165) is 18.8 Å². The van der Waals surface area contributed by atoms with Crippen molar-refractivity contribution in [2.24, 2.45) is 0 Å². The van der Waals surface area contributed by atoms with Gasteiger partial charge in [0.2, 0.25) is 21.8 Å². The predicted octanol–water partition coefficient (Wildman–Crippen LogP) is 3.36. The van der Waals surface area contributed by atoms with Gasteiger partial charge in [-0.3, -0.25) is 9.59 Å². The first-order chi connectivity index (χ1) is 16.9. The summed E-state index contributed by atoms with van der Waals surface area (Å²) in [7, 11) is -3.80. The normalized spacial score (nSPS) is 19.5. The largest absolute Gasteiger partial charge is 0.371 e. The molecule has 2 saturated heterocycles. The first-order valence-electron chi connectivity index (χ1n) is 12.4. The average molecular weight is 499 g/mol. The molecule has 9 heteroatoms. The topological polar surface area (TPSA) is 98.8 Å². The minimum Gasteiger partial charge on any atom is -0.371 e. The Balaban J connectivity index is 1.44. The molecule has 2 N–H and O–H groups in total. The van der Waals surface area contributed by atoms with Crippen molar-refractivity contribution in [3.63, 3.8) is 0 Å². The van der Waals surface area contributed by atoms with Gasteiger partial charge in [0.05, 0.1) is 4.90 Å². The van der Waals surface area contributed by atoms with Crippen LogP contribution in [-0.4, -0.2) is 56.3 Å². The average Bonchev–Trinajstić information content (AvgIpc) is 3.57. The van der Waals surface area contributed by atoms with Crippen LogP contribution in [0.15, 0.2) is 59.5 Å².